The molecule has 106 valence electrons. The van der Waals surface area contributed by atoms with Gasteiger partial charge in [0.25, 0.3) is 15.2 Å². The van der Waals surface area contributed by atoms with Gasteiger partial charge in [0.2, 0.25) is 0 Å². The lowest BCUT2D eigenvalue weighted by Gasteiger charge is -2.07. The van der Waals surface area contributed by atoms with Gasteiger partial charge in [-0.1, -0.05) is 0 Å². The Labute approximate surface area is 113 Å². The lowest BCUT2D eigenvalue weighted by molar-refractivity contribution is 0.567. The minimum absolute atomic E-state index is 0.0925. The van der Waals surface area contributed by atoms with Crippen molar-refractivity contribution in [1.82, 2.24) is 14.8 Å². The molecule has 1 heterocycles. The number of benzene rings is 1. The summed E-state index contributed by atoms with van der Waals surface area (Å²) in [5, 5.41) is 11.9. The minimum atomic E-state index is -4.04. The number of nitrogens with zero attached hydrogens (tertiary/aromatic N) is 3. The van der Waals surface area contributed by atoms with Gasteiger partial charge in [-0.25, -0.2) is 22.3 Å². The van der Waals surface area contributed by atoms with Gasteiger partial charge in [-0.2, -0.15) is 0 Å². The minimum Gasteiger partial charge on any atom is -0.294 e. The molecule has 20 heavy (non-hydrogen) atoms. The Morgan fingerprint density at radius 3 is 2.25 bits per heavy atom. The van der Waals surface area contributed by atoms with E-state index in [2.05, 4.69) is 10.2 Å². The highest BCUT2D eigenvalue weighted by Crippen LogP contribution is 2.39. The van der Waals surface area contributed by atoms with Crippen molar-refractivity contribution >= 4 is 10.0 Å². The molecule has 0 bridgehead atoms. The quantitative estimate of drug-likeness (QED) is 0.922. The summed E-state index contributed by atoms with van der Waals surface area (Å²) in [5.74, 6) is -1.46. The van der Waals surface area contributed by atoms with Crippen LogP contribution in [-0.4, -0.2) is 23.2 Å². The summed E-state index contributed by atoms with van der Waals surface area (Å²) in [7, 11) is -4.04. The molecule has 0 radical (unpaired) electrons. The molecule has 6 nitrogen and oxygen atoms in total. The summed E-state index contributed by atoms with van der Waals surface area (Å²) < 4.78 is 50.8. The second kappa shape index (κ2) is 4.32. The second-order valence-electron chi connectivity index (χ2n) is 4.61. The van der Waals surface area contributed by atoms with Gasteiger partial charge >= 0.3 is 0 Å². The highest BCUT2D eigenvalue weighted by molar-refractivity contribution is 7.89. The van der Waals surface area contributed by atoms with Gasteiger partial charge in [0, 0.05) is 17.7 Å². The molecule has 3 rings (SSSR count). The Hall–Kier alpha value is -1.87. The van der Waals surface area contributed by atoms with Crippen LogP contribution >= 0.6 is 0 Å². The molecular formula is C11H10F2N4O2S. The normalized spacial score (nSPS) is 15.6. The van der Waals surface area contributed by atoms with Crippen LogP contribution in [-0.2, 0) is 10.0 Å². The topological polar surface area (TPSA) is 90.9 Å². The molecule has 0 aliphatic heterocycles. The van der Waals surface area contributed by atoms with Crippen LogP contribution in [0.2, 0.25) is 0 Å². The van der Waals surface area contributed by atoms with Crippen molar-refractivity contribution in [2.45, 2.75) is 24.0 Å². The molecule has 2 N–H and O–H groups in total. The van der Waals surface area contributed by atoms with Crippen LogP contribution in [0.3, 0.4) is 0 Å². The largest absolute Gasteiger partial charge is 0.294 e. The fourth-order valence-electron chi connectivity index (χ4n) is 2.01. The predicted octanol–water partition coefficient (Wildman–Crippen LogP) is 1.21. The monoisotopic (exact) mass is 300 g/mol. The number of hydrogen-bond acceptors (Lipinski definition) is 4. The Morgan fingerprint density at radius 2 is 1.75 bits per heavy atom. The molecule has 1 aromatic carbocycles. The molecule has 1 aromatic heterocycles. The van der Waals surface area contributed by atoms with E-state index in [0.717, 1.165) is 31.0 Å². The van der Waals surface area contributed by atoms with Crippen molar-refractivity contribution in [3.8, 4) is 11.4 Å². The molecule has 0 spiro atoms. The first-order valence-corrected chi connectivity index (χ1v) is 7.35. The van der Waals surface area contributed by atoms with Gasteiger partial charge in [0.1, 0.15) is 11.6 Å². The first-order valence-electron chi connectivity index (χ1n) is 5.80. The van der Waals surface area contributed by atoms with E-state index in [9.17, 15) is 17.2 Å². The Bertz CT molecular complexity index is 763. The van der Waals surface area contributed by atoms with Crippen molar-refractivity contribution in [2.24, 2.45) is 5.14 Å². The number of rotatable bonds is 3. The fourth-order valence-corrected chi connectivity index (χ4v) is 2.68. The first-order chi connectivity index (χ1) is 9.36. The molecule has 1 saturated carbocycles. The van der Waals surface area contributed by atoms with E-state index in [1.54, 1.807) is 0 Å². The summed E-state index contributed by atoms with van der Waals surface area (Å²) in [6, 6.07) is 2.75. The van der Waals surface area contributed by atoms with Crippen molar-refractivity contribution in [1.29, 1.82) is 0 Å². The summed E-state index contributed by atoms with van der Waals surface area (Å²) in [4.78, 5) is 0. The van der Waals surface area contributed by atoms with Crippen LogP contribution in [0.1, 0.15) is 18.9 Å². The van der Waals surface area contributed by atoms with Gasteiger partial charge in [-0.15, -0.1) is 10.2 Å². The van der Waals surface area contributed by atoms with Crippen LogP contribution in [0.5, 0.6) is 0 Å². The maximum atomic E-state index is 13.3. The average molecular weight is 300 g/mol. The SMILES string of the molecule is NS(=O)(=O)c1nnc(-c2cc(F)cc(F)c2)n1C1CC1. The van der Waals surface area contributed by atoms with Gasteiger partial charge in [0.05, 0.1) is 0 Å². The van der Waals surface area contributed by atoms with Crippen molar-refractivity contribution in [3.05, 3.63) is 29.8 Å². The van der Waals surface area contributed by atoms with Crippen LogP contribution in [0, 0.1) is 11.6 Å². The lowest BCUT2D eigenvalue weighted by Crippen LogP contribution is -2.18. The maximum Gasteiger partial charge on any atom is 0.273 e. The van der Waals surface area contributed by atoms with Gasteiger partial charge in [-0.3, -0.25) is 4.57 Å². The summed E-state index contributed by atoms with van der Waals surface area (Å²) in [5.41, 5.74) is 0.122. The number of aromatic nitrogens is 3. The maximum absolute atomic E-state index is 13.3. The standard InChI is InChI=1S/C11H10F2N4O2S/c12-7-3-6(4-8(13)5-7)10-15-16-11(20(14,18)19)17(10)9-1-2-9/h3-5,9H,1-2H2,(H2,14,18,19). The molecule has 0 atom stereocenters. The van der Waals surface area contributed by atoms with E-state index in [1.165, 1.54) is 4.57 Å². The van der Waals surface area contributed by atoms with Gasteiger partial charge < -0.3 is 0 Å². The lowest BCUT2D eigenvalue weighted by atomic mass is 10.2. The number of halogens is 2. The smallest absolute Gasteiger partial charge is 0.273 e. The fraction of sp³-hybridized carbons (Fsp3) is 0.273. The molecule has 9 heteroatoms. The second-order valence-corrected chi connectivity index (χ2v) is 6.07. The average Bonchev–Trinajstić information content (AvgIpc) is 3.04. The number of nitrogens with two attached hydrogens (primary N) is 1. The zero-order chi connectivity index (χ0) is 14.5. The number of primary sulfonamides is 1. The van der Waals surface area contributed by atoms with E-state index in [0.29, 0.717) is 0 Å². The van der Waals surface area contributed by atoms with Crippen LogP contribution < -0.4 is 5.14 Å². The Balaban J connectivity index is 2.22. The highest BCUT2D eigenvalue weighted by Gasteiger charge is 2.33. The molecular weight excluding hydrogens is 290 g/mol. The van der Waals surface area contributed by atoms with E-state index >= 15 is 0 Å². The summed E-state index contributed by atoms with van der Waals surface area (Å²) >= 11 is 0. The Kier molecular flexibility index (Phi) is 2.83. The van der Waals surface area contributed by atoms with E-state index < -0.39 is 21.7 Å². The van der Waals surface area contributed by atoms with Crippen LogP contribution in [0.4, 0.5) is 8.78 Å². The van der Waals surface area contributed by atoms with E-state index in [-0.39, 0.29) is 22.6 Å². The third kappa shape index (κ3) is 2.29. The first kappa shape index (κ1) is 13.1. The number of sulfonamides is 1. The summed E-state index contributed by atoms with van der Waals surface area (Å²) in [6.45, 7) is 0. The molecule has 0 saturated heterocycles. The molecule has 0 amide bonds. The molecule has 2 aromatic rings. The zero-order valence-corrected chi connectivity index (χ0v) is 10.9. The third-order valence-corrected chi connectivity index (χ3v) is 3.74. The van der Waals surface area contributed by atoms with Crippen molar-refractivity contribution in [2.75, 3.05) is 0 Å². The zero-order valence-electron chi connectivity index (χ0n) is 10.1. The van der Waals surface area contributed by atoms with Crippen LogP contribution in [0.15, 0.2) is 23.4 Å². The van der Waals surface area contributed by atoms with Crippen molar-refractivity contribution < 1.29 is 17.2 Å². The molecule has 1 fully saturated rings. The van der Waals surface area contributed by atoms with E-state index in [1.807, 2.05) is 0 Å². The highest BCUT2D eigenvalue weighted by atomic mass is 32.2. The van der Waals surface area contributed by atoms with Gasteiger partial charge in [0.15, 0.2) is 5.82 Å². The molecule has 1 aliphatic carbocycles. The third-order valence-electron chi connectivity index (χ3n) is 2.95. The predicted molar refractivity (Wildman–Crippen MR) is 65.0 cm³/mol. The summed E-state index contributed by atoms with van der Waals surface area (Å²) in [6.07, 6.45) is 1.48. The van der Waals surface area contributed by atoms with E-state index in [4.69, 9.17) is 5.14 Å². The molecule has 0 unspecified atom stereocenters. The molecule has 1 aliphatic rings. The van der Waals surface area contributed by atoms with Gasteiger partial charge in [-0.05, 0) is 25.0 Å². The Morgan fingerprint density at radius 1 is 1.15 bits per heavy atom. The number of hydrogen-bond donors (Lipinski definition) is 1. The van der Waals surface area contributed by atoms with Crippen molar-refractivity contribution in [3.63, 3.8) is 0 Å². The van der Waals surface area contributed by atoms with Crippen LogP contribution in [0.25, 0.3) is 11.4 Å².